The summed E-state index contributed by atoms with van der Waals surface area (Å²) in [7, 11) is 0. The molecule has 0 saturated carbocycles. The highest BCUT2D eigenvalue weighted by molar-refractivity contribution is 5.76. The molecular weight excluding hydrogens is 294 g/mol. The van der Waals surface area contributed by atoms with Crippen LogP contribution < -0.4 is 10.6 Å². The van der Waals surface area contributed by atoms with Gasteiger partial charge in [-0.3, -0.25) is 4.79 Å². The summed E-state index contributed by atoms with van der Waals surface area (Å²) >= 11 is 0. The third-order valence-electron chi connectivity index (χ3n) is 3.98. The van der Waals surface area contributed by atoms with E-state index >= 15 is 0 Å². The van der Waals surface area contributed by atoms with Crippen molar-refractivity contribution < 1.29 is 9.59 Å². The van der Waals surface area contributed by atoms with Crippen molar-refractivity contribution in [3.05, 3.63) is 18.7 Å². The van der Waals surface area contributed by atoms with Gasteiger partial charge in [0.25, 0.3) is 0 Å². The molecule has 3 amide bonds. The number of imidazole rings is 1. The van der Waals surface area contributed by atoms with Gasteiger partial charge in [0.05, 0.1) is 6.33 Å². The summed E-state index contributed by atoms with van der Waals surface area (Å²) in [5, 5.41) is 5.75. The summed E-state index contributed by atoms with van der Waals surface area (Å²) in [4.78, 5) is 29.6. The summed E-state index contributed by atoms with van der Waals surface area (Å²) in [6, 6.07) is -0.142. The molecule has 2 rings (SSSR count). The molecule has 128 valence electrons. The molecule has 1 unspecified atom stereocenters. The lowest BCUT2D eigenvalue weighted by Crippen LogP contribution is -2.43. The molecule has 1 aromatic rings. The Bertz CT molecular complexity index is 489. The molecule has 1 atom stereocenters. The first-order valence-electron chi connectivity index (χ1n) is 8.43. The van der Waals surface area contributed by atoms with Crippen molar-refractivity contribution in [2.75, 3.05) is 19.6 Å². The molecule has 0 aliphatic carbocycles. The van der Waals surface area contributed by atoms with Crippen LogP contribution in [0.25, 0.3) is 0 Å². The molecule has 1 aromatic heterocycles. The van der Waals surface area contributed by atoms with Crippen LogP contribution in [0.2, 0.25) is 0 Å². The van der Waals surface area contributed by atoms with Gasteiger partial charge < -0.3 is 20.1 Å². The zero-order chi connectivity index (χ0) is 16.5. The molecule has 1 aliphatic rings. The average molecular weight is 321 g/mol. The first-order chi connectivity index (χ1) is 11.1. The molecule has 2 N–H and O–H groups in total. The summed E-state index contributed by atoms with van der Waals surface area (Å²) in [6.07, 6.45) is 10.0. The van der Waals surface area contributed by atoms with Gasteiger partial charge in [-0.2, -0.15) is 0 Å². The van der Waals surface area contributed by atoms with Gasteiger partial charge in [0.1, 0.15) is 0 Å². The number of urea groups is 1. The number of amides is 3. The molecule has 0 radical (unpaired) electrons. The predicted molar refractivity (Wildman–Crippen MR) is 87.9 cm³/mol. The normalized spacial score (nSPS) is 16.7. The molecular formula is C16H27N5O2. The third kappa shape index (κ3) is 6.30. The third-order valence-corrected chi connectivity index (χ3v) is 3.98. The van der Waals surface area contributed by atoms with E-state index in [-0.39, 0.29) is 18.0 Å². The van der Waals surface area contributed by atoms with Gasteiger partial charge in [-0.1, -0.05) is 6.42 Å². The lowest BCUT2D eigenvalue weighted by Gasteiger charge is -2.20. The minimum atomic E-state index is -0.167. The molecule has 0 bridgehead atoms. The number of hydrogen-bond donors (Lipinski definition) is 2. The number of rotatable bonds is 7. The van der Waals surface area contributed by atoms with Crippen molar-refractivity contribution in [3.8, 4) is 0 Å². The molecule has 1 saturated heterocycles. The van der Waals surface area contributed by atoms with E-state index in [1.807, 2.05) is 22.6 Å². The Labute approximate surface area is 137 Å². The minimum absolute atomic E-state index is 0.0244. The van der Waals surface area contributed by atoms with Crippen molar-refractivity contribution in [1.82, 2.24) is 25.1 Å². The zero-order valence-corrected chi connectivity index (χ0v) is 13.8. The highest BCUT2D eigenvalue weighted by Gasteiger charge is 2.15. The number of carbonyl (C=O) groups is 2. The quantitative estimate of drug-likeness (QED) is 0.744. The standard InChI is InChI=1S/C16H27N5O2/c1-14(12-20-11-8-17-13-20)19-16(23)18-7-5-10-21-9-4-2-3-6-15(21)22/h8,11,13-14H,2-7,9-10,12H2,1H3,(H2,18,19,23). The fourth-order valence-electron chi connectivity index (χ4n) is 2.78. The predicted octanol–water partition coefficient (Wildman–Crippen LogP) is 1.36. The fourth-order valence-corrected chi connectivity index (χ4v) is 2.78. The molecule has 1 aliphatic heterocycles. The number of nitrogens with one attached hydrogen (secondary N) is 2. The van der Waals surface area contributed by atoms with E-state index in [1.54, 1.807) is 12.5 Å². The fraction of sp³-hybridized carbons (Fsp3) is 0.688. The van der Waals surface area contributed by atoms with Crippen LogP contribution in [0.1, 0.15) is 39.0 Å². The van der Waals surface area contributed by atoms with Crippen LogP contribution in [0.4, 0.5) is 4.79 Å². The monoisotopic (exact) mass is 321 g/mol. The van der Waals surface area contributed by atoms with Crippen molar-refractivity contribution in [1.29, 1.82) is 0 Å². The molecule has 0 spiro atoms. The molecule has 2 heterocycles. The highest BCUT2D eigenvalue weighted by Crippen LogP contribution is 2.11. The van der Waals surface area contributed by atoms with Gasteiger partial charge in [-0.25, -0.2) is 9.78 Å². The largest absolute Gasteiger partial charge is 0.343 e. The van der Waals surface area contributed by atoms with Crippen LogP contribution in [0.15, 0.2) is 18.7 Å². The Balaban J connectivity index is 1.58. The maximum absolute atomic E-state index is 11.9. The smallest absolute Gasteiger partial charge is 0.315 e. The van der Waals surface area contributed by atoms with Crippen LogP contribution in [0.5, 0.6) is 0 Å². The van der Waals surface area contributed by atoms with Gasteiger partial charge in [0.2, 0.25) is 5.91 Å². The van der Waals surface area contributed by atoms with E-state index < -0.39 is 0 Å². The maximum Gasteiger partial charge on any atom is 0.315 e. The number of hydrogen-bond acceptors (Lipinski definition) is 3. The molecule has 0 aromatic carbocycles. The van der Waals surface area contributed by atoms with E-state index in [2.05, 4.69) is 15.6 Å². The van der Waals surface area contributed by atoms with Gasteiger partial charge in [-0.15, -0.1) is 0 Å². The van der Waals surface area contributed by atoms with E-state index in [0.717, 1.165) is 38.8 Å². The summed E-state index contributed by atoms with van der Waals surface area (Å²) in [5.74, 6) is 0.251. The second-order valence-electron chi connectivity index (χ2n) is 6.11. The van der Waals surface area contributed by atoms with Crippen molar-refractivity contribution in [2.24, 2.45) is 0 Å². The minimum Gasteiger partial charge on any atom is -0.343 e. The molecule has 7 heteroatoms. The summed E-state index contributed by atoms with van der Waals surface area (Å²) < 4.78 is 1.93. The van der Waals surface area contributed by atoms with E-state index in [4.69, 9.17) is 0 Å². The number of carbonyl (C=O) groups excluding carboxylic acids is 2. The van der Waals surface area contributed by atoms with Crippen LogP contribution in [0.3, 0.4) is 0 Å². The number of aromatic nitrogens is 2. The second kappa shape index (κ2) is 9.17. The Hall–Kier alpha value is -2.05. The first-order valence-corrected chi connectivity index (χ1v) is 8.43. The Morgan fingerprint density at radius 3 is 3.04 bits per heavy atom. The van der Waals surface area contributed by atoms with Gasteiger partial charge >= 0.3 is 6.03 Å². The van der Waals surface area contributed by atoms with Crippen LogP contribution in [-0.4, -0.2) is 52.1 Å². The van der Waals surface area contributed by atoms with E-state index in [0.29, 0.717) is 19.5 Å². The molecule has 23 heavy (non-hydrogen) atoms. The number of nitrogens with zero attached hydrogens (tertiary/aromatic N) is 3. The van der Waals surface area contributed by atoms with Gasteiger partial charge in [-0.05, 0) is 26.2 Å². The first kappa shape index (κ1) is 17.3. The van der Waals surface area contributed by atoms with Crippen molar-refractivity contribution in [2.45, 2.75) is 51.6 Å². The van der Waals surface area contributed by atoms with Crippen LogP contribution >= 0.6 is 0 Å². The van der Waals surface area contributed by atoms with Crippen LogP contribution in [-0.2, 0) is 11.3 Å². The van der Waals surface area contributed by atoms with Crippen LogP contribution in [0, 0.1) is 0 Å². The summed E-state index contributed by atoms with van der Waals surface area (Å²) in [5.41, 5.74) is 0. The lowest BCUT2D eigenvalue weighted by atomic mass is 10.2. The molecule has 1 fully saturated rings. The van der Waals surface area contributed by atoms with Gasteiger partial charge in [0, 0.05) is 51.0 Å². The average Bonchev–Trinajstić information content (AvgIpc) is 2.92. The number of likely N-dealkylation sites (tertiary alicyclic amines) is 1. The Morgan fingerprint density at radius 2 is 2.26 bits per heavy atom. The Morgan fingerprint density at radius 1 is 1.39 bits per heavy atom. The van der Waals surface area contributed by atoms with Gasteiger partial charge in [0.15, 0.2) is 0 Å². The maximum atomic E-state index is 11.9. The molecule has 7 nitrogen and oxygen atoms in total. The van der Waals surface area contributed by atoms with Crippen molar-refractivity contribution in [3.63, 3.8) is 0 Å². The lowest BCUT2D eigenvalue weighted by molar-refractivity contribution is -0.130. The van der Waals surface area contributed by atoms with E-state index in [9.17, 15) is 9.59 Å². The van der Waals surface area contributed by atoms with E-state index in [1.165, 1.54) is 0 Å². The zero-order valence-electron chi connectivity index (χ0n) is 13.8. The SMILES string of the molecule is CC(Cn1ccnc1)NC(=O)NCCCN1CCCCCC1=O. The Kier molecular flexibility index (Phi) is 6.90. The highest BCUT2D eigenvalue weighted by atomic mass is 16.2. The summed E-state index contributed by atoms with van der Waals surface area (Å²) in [6.45, 7) is 4.80. The second-order valence-corrected chi connectivity index (χ2v) is 6.11. The topological polar surface area (TPSA) is 79.3 Å². The van der Waals surface area contributed by atoms with Crippen molar-refractivity contribution >= 4 is 11.9 Å².